The lowest BCUT2D eigenvalue weighted by Crippen LogP contribution is -2.12. The Bertz CT molecular complexity index is 1400. The Morgan fingerprint density at radius 1 is 1.03 bits per heavy atom. The molecule has 1 aromatic heterocycles. The molecule has 0 radical (unpaired) electrons. The second-order valence-electron chi connectivity index (χ2n) is 7.84. The van der Waals surface area contributed by atoms with Crippen LogP contribution in [0.3, 0.4) is 0 Å². The van der Waals surface area contributed by atoms with E-state index in [1.165, 1.54) is 5.56 Å². The van der Waals surface area contributed by atoms with E-state index in [9.17, 15) is 25.0 Å². The Hall–Kier alpha value is -4.60. The highest BCUT2D eigenvalue weighted by atomic mass is 16.6. The molecule has 0 saturated carbocycles. The number of rotatable bonds is 7. The van der Waals surface area contributed by atoms with Gasteiger partial charge >= 0.3 is 0 Å². The quantitative estimate of drug-likeness (QED) is 0.260. The maximum absolute atomic E-state index is 12.7. The van der Waals surface area contributed by atoms with Gasteiger partial charge in [-0.2, -0.15) is 0 Å². The first-order valence-electron chi connectivity index (χ1n) is 10.5. The van der Waals surface area contributed by atoms with E-state index >= 15 is 0 Å². The van der Waals surface area contributed by atoms with E-state index in [0.29, 0.717) is 28.6 Å². The van der Waals surface area contributed by atoms with Crippen LogP contribution in [-0.4, -0.2) is 20.7 Å². The van der Waals surface area contributed by atoms with Gasteiger partial charge in [-0.25, -0.2) is 4.98 Å². The number of nitrogens with zero attached hydrogens (tertiary/aromatic N) is 3. The third-order valence-electron chi connectivity index (χ3n) is 5.55. The topological polar surface area (TPSA) is 141 Å². The van der Waals surface area contributed by atoms with Crippen molar-refractivity contribution in [1.82, 2.24) is 4.98 Å². The molecule has 34 heavy (non-hydrogen) atoms. The Kier molecular flexibility index (Phi) is 6.05. The molecule has 0 fully saturated rings. The third kappa shape index (κ3) is 4.60. The molecule has 4 aromatic rings. The maximum Gasteiger partial charge on any atom is 0.277 e. The molecule has 1 N–H and O–H groups in total. The molecule has 1 heterocycles. The summed E-state index contributed by atoms with van der Waals surface area (Å²) < 4.78 is 5.88. The number of hydrogen-bond donors (Lipinski definition) is 1. The minimum atomic E-state index is -0.787. The minimum absolute atomic E-state index is 0.203. The molecule has 10 heteroatoms. The summed E-state index contributed by atoms with van der Waals surface area (Å²) in [5, 5.41) is 24.8. The van der Waals surface area contributed by atoms with Gasteiger partial charge in [0.05, 0.1) is 21.5 Å². The minimum Gasteiger partial charge on any atom is -0.436 e. The highest BCUT2D eigenvalue weighted by Crippen LogP contribution is 2.29. The van der Waals surface area contributed by atoms with Crippen molar-refractivity contribution in [3.05, 3.63) is 92.0 Å². The number of fused-ring (bicyclic) bond motifs is 1. The molecule has 3 aromatic carbocycles. The number of aromatic nitrogens is 1. The van der Waals surface area contributed by atoms with Gasteiger partial charge in [0.15, 0.2) is 5.58 Å². The van der Waals surface area contributed by atoms with E-state index in [1.54, 1.807) is 24.3 Å². The molecule has 1 amide bonds. The van der Waals surface area contributed by atoms with Crippen LogP contribution in [0, 0.1) is 20.2 Å². The predicted molar refractivity (Wildman–Crippen MR) is 126 cm³/mol. The molecule has 0 aliphatic heterocycles. The summed E-state index contributed by atoms with van der Waals surface area (Å²) in [7, 11) is 0. The Labute approximate surface area is 193 Å². The van der Waals surface area contributed by atoms with Crippen molar-refractivity contribution in [2.45, 2.75) is 26.2 Å². The molecule has 172 valence electrons. The van der Waals surface area contributed by atoms with Gasteiger partial charge in [0.25, 0.3) is 17.3 Å². The average Bonchev–Trinajstić information content (AvgIpc) is 3.27. The van der Waals surface area contributed by atoms with Crippen LogP contribution in [0.15, 0.2) is 65.1 Å². The molecular formula is C24H20N4O6. The smallest absolute Gasteiger partial charge is 0.277 e. The van der Waals surface area contributed by atoms with E-state index in [2.05, 4.69) is 24.1 Å². The van der Waals surface area contributed by atoms with Crippen LogP contribution in [0.4, 0.5) is 17.1 Å². The normalized spacial score (nSPS) is 11.8. The number of oxazole rings is 1. The van der Waals surface area contributed by atoms with Gasteiger partial charge in [-0.05, 0) is 48.2 Å². The van der Waals surface area contributed by atoms with Crippen LogP contribution < -0.4 is 5.32 Å². The zero-order chi connectivity index (χ0) is 24.4. The number of hydrogen-bond acceptors (Lipinski definition) is 7. The van der Waals surface area contributed by atoms with Crippen molar-refractivity contribution in [3.8, 4) is 11.5 Å². The molecular weight excluding hydrogens is 440 g/mol. The number of amides is 1. The largest absolute Gasteiger partial charge is 0.436 e. The highest BCUT2D eigenvalue weighted by molar-refractivity contribution is 6.05. The first-order valence-corrected chi connectivity index (χ1v) is 10.5. The summed E-state index contributed by atoms with van der Waals surface area (Å²) in [6, 6.07) is 15.4. The summed E-state index contributed by atoms with van der Waals surface area (Å²) in [5.41, 5.74) is 2.23. The van der Waals surface area contributed by atoms with Crippen molar-refractivity contribution in [1.29, 1.82) is 0 Å². The molecule has 0 bridgehead atoms. The van der Waals surface area contributed by atoms with Gasteiger partial charge in [-0.3, -0.25) is 25.0 Å². The lowest BCUT2D eigenvalue weighted by Gasteiger charge is -2.07. The number of carbonyl (C=O) groups excluding carboxylic acids is 1. The van der Waals surface area contributed by atoms with Gasteiger partial charge in [-0.15, -0.1) is 0 Å². The van der Waals surface area contributed by atoms with Crippen molar-refractivity contribution >= 4 is 34.1 Å². The first kappa shape index (κ1) is 22.6. The second-order valence-corrected chi connectivity index (χ2v) is 7.84. The van der Waals surface area contributed by atoms with Crippen LogP contribution in [0.1, 0.15) is 42.1 Å². The fourth-order valence-corrected chi connectivity index (χ4v) is 3.48. The van der Waals surface area contributed by atoms with E-state index in [-0.39, 0.29) is 5.56 Å². The standard InChI is InChI=1S/C24H20N4O6/c1-3-14(2)15-7-8-22-21(12-15)26-24(34-22)16-5-4-6-18(9-16)25-23(29)17-10-19(27(30)31)13-20(11-17)28(32)33/h4-14H,3H2,1-2H3,(H,25,29)/t14-/m0/s1. The second kappa shape index (κ2) is 9.10. The monoisotopic (exact) mass is 460 g/mol. The first-order chi connectivity index (χ1) is 16.2. The van der Waals surface area contributed by atoms with Crippen molar-refractivity contribution < 1.29 is 19.1 Å². The lowest BCUT2D eigenvalue weighted by molar-refractivity contribution is -0.394. The van der Waals surface area contributed by atoms with Crippen LogP contribution in [0.2, 0.25) is 0 Å². The summed E-state index contributed by atoms with van der Waals surface area (Å²) in [6.07, 6.45) is 1.01. The fourth-order valence-electron chi connectivity index (χ4n) is 3.48. The average molecular weight is 460 g/mol. The SMILES string of the molecule is CC[C@H](C)c1ccc2oc(-c3cccc(NC(=O)c4cc([N+](=O)[O-])cc([N+](=O)[O-])c4)c3)nc2c1. The zero-order valence-electron chi connectivity index (χ0n) is 18.3. The zero-order valence-corrected chi connectivity index (χ0v) is 18.3. The Balaban J connectivity index is 1.62. The fraction of sp³-hybridized carbons (Fsp3) is 0.167. The molecule has 0 saturated heterocycles. The van der Waals surface area contributed by atoms with Gasteiger partial charge in [0, 0.05) is 23.4 Å². The van der Waals surface area contributed by atoms with Crippen LogP contribution in [-0.2, 0) is 0 Å². The van der Waals surface area contributed by atoms with Crippen molar-refractivity contribution in [2.24, 2.45) is 0 Å². The molecule has 0 spiro atoms. The van der Waals surface area contributed by atoms with E-state index < -0.39 is 27.1 Å². The van der Waals surface area contributed by atoms with E-state index in [4.69, 9.17) is 4.42 Å². The Morgan fingerprint density at radius 2 is 1.74 bits per heavy atom. The lowest BCUT2D eigenvalue weighted by atomic mass is 9.98. The predicted octanol–water partition coefficient (Wildman–Crippen LogP) is 6.08. The number of nitro groups is 2. The summed E-state index contributed by atoms with van der Waals surface area (Å²) in [5.74, 6) is 0.0471. The maximum atomic E-state index is 12.7. The molecule has 1 atom stereocenters. The molecule has 0 aliphatic carbocycles. The molecule has 0 aliphatic rings. The van der Waals surface area contributed by atoms with Crippen LogP contribution in [0.25, 0.3) is 22.6 Å². The van der Waals surface area contributed by atoms with E-state index in [0.717, 1.165) is 30.1 Å². The van der Waals surface area contributed by atoms with Gasteiger partial charge in [-0.1, -0.05) is 26.0 Å². The highest BCUT2D eigenvalue weighted by Gasteiger charge is 2.20. The van der Waals surface area contributed by atoms with Crippen LogP contribution in [0.5, 0.6) is 0 Å². The van der Waals surface area contributed by atoms with Gasteiger partial charge in [0.2, 0.25) is 5.89 Å². The number of nitro benzene ring substituents is 2. The summed E-state index contributed by atoms with van der Waals surface area (Å²) >= 11 is 0. The van der Waals surface area contributed by atoms with E-state index in [1.807, 2.05) is 18.2 Å². The number of non-ortho nitro benzene ring substituents is 2. The summed E-state index contributed by atoms with van der Waals surface area (Å²) in [6.45, 7) is 4.26. The molecule has 10 nitrogen and oxygen atoms in total. The summed E-state index contributed by atoms with van der Waals surface area (Å²) in [4.78, 5) is 37.9. The van der Waals surface area contributed by atoms with Crippen LogP contribution >= 0.6 is 0 Å². The number of anilines is 1. The number of benzene rings is 3. The van der Waals surface area contributed by atoms with Gasteiger partial charge in [0.1, 0.15) is 5.52 Å². The Morgan fingerprint density at radius 3 is 2.38 bits per heavy atom. The van der Waals surface area contributed by atoms with Gasteiger partial charge < -0.3 is 9.73 Å². The number of nitrogens with one attached hydrogen (secondary N) is 1. The third-order valence-corrected chi connectivity index (χ3v) is 5.55. The molecule has 0 unspecified atom stereocenters. The van der Waals surface area contributed by atoms with Crippen molar-refractivity contribution in [2.75, 3.05) is 5.32 Å². The number of carbonyl (C=O) groups is 1. The van der Waals surface area contributed by atoms with Crippen molar-refractivity contribution in [3.63, 3.8) is 0 Å². The molecule has 4 rings (SSSR count).